The highest BCUT2D eigenvalue weighted by atomic mass is 35.5. The molecule has 1 aliphatic heterocycles. The number of H-pyrrole nitrogens is 1. The molecule has 0 aliphatic carbocycles. The second kappa shape index (κ2) is 6.95. The molecule has 1 aromatic heterocycles. The van der Waals surface area contributed by atoms with Crippen molar-refractivity contribution < 1.29 is 4.79 Å². The van der Waals surface area contributed by atoms with Crippen LogP contribution in [0.15, 0.2) is 36.4 Å². The minimum atomic E-state index is -0.0224. The monoisotopic (exact) mass is 387 g/mol. The van der Waals surface area contributed by atoms with Gasteiger partial charge in [-0.05, 0) is 60.9 Å². The topological polar surface area (TPSA) is 48.1 Å². The maximum absolute atomic E-state index is 12.3. The van der Waals surface area contributed by atoms with Crippen molar-refractivity contribution in [2.75, 3.05) is 18.4 Å². The lowest BCUT2D eigenvalue weighted by Crippen LogP contribution is -2.37. The summed E-state index contributed by atoms with van der Waals surface area (Å²) in [6, 6.07) is 11.3. The van der Waals surface area contributed by atoms with Crippen LogP contribution >= 0.6 is 23.2 Å². The van der Waals surface area contributed by atoms with E-state index >= 15 is 0 Å². The van der Waals surface area contributed by atoms with E-state index < -0.39 is 0 Å². The molecule has 3 aromatic rings. The summed E-state index contributed by atoms with van der Waals surface area (Å²) in [4.78, 5) is 18.0. The second-order valence-corrected chi connectivity index (χ2v) is 7.59. The van der Waals surface area contributed by atoms with E-state index in [1.165, 1.54) is 16.6 Å². The molecule has 0 radical (unpaired) electrons. The van der Waals surface area contributed by atoms with E-state index in [4.69, 9.17) is 23.2 Å². The molecule has 26 heavy (non-hydrogen) atoms. The predicted octanol–water partition coefficient (Wildman–Crippen LogP) is 4.78. The number of carbonyl (C=O) groups excluding carboxylic acids is 1. The number of hydrogen-bond donors (Lipinski definition) is 2. The zero-order chi connectivity index (χ0) is 18.3. The third-order valence-corrected chi connectivity index (χ3v) is 5.49. The van der Waals surface area contributed by atoms with E-state index in [-0.39, 0.29) is 5.91 Å². The number of aryl methyl sites for hydroxylation is 1. The van der Waals surface area contributed by atoms with Crippen LogP contribution in [0.1, 0.15) is 16.8 Å². The molecular formula is C20H19Cl2N3O. The number of aromatic amines is 1. The Bertz CT molecular complexity index is 979. The van der Waals surface area contributed by atoms with Crippen LogP contribution in [-0.4, -0.2) is 28.9 Å². The van der Waals surface area contributed by atoms with Crippen LogP contribution in [0.3, 0.4) is 0 Å². The zero-order valence-electron chi connectivity index (χ0n) is 14.4. The first-order valence-electron chi connectivity index (χ1n) is 8.57. The first-order valence-corrected chi connectivity index (χ1v) is 9.32. The summed E-state index contributed by atoms with van der Waals surface area (Å²) in [5.74, 6) is -0.0224. The minimum Gasteiger partial charge on any atom is -0.357 e. The van der Waals surface area contributed by atoms with Crippen LogP contribution < -0.4 is 5.32 Å². The number of nitrogens with one attached hydrogen (secondary N) is 2. The Hall–Kier alpha value is -2.01. The molecule has 134 valence electrons. The lowest BCUT2D eigenvalue weighted by Gasteiger charge is -2.26. The fourth-order valence-electron chi connectivity index (χ4n) is 3.50. The average molecular weight is 388 g/mol. The van der Waals surface area contributed by atoms with Crippen molar-refractivity contribution in [3.05, 3.63) is 63.3 Å². The number of aromatic nitrogens is 1. The minimum absolute atomic E-state index is 0.0224. The van der Waals surface area contributed by atoms with E-state index in [9.17, 15) is 4.79 Å². The van der Waals surface area contributed by atoms with Gasteiger partial charge < -0.3 is 10.3 Å². The van der Waals surface area contributed by atoms with Gasteiger partial charge in [-0.2, -0.15) is 0 Å². The summed E-state index contributed by atoms with van der Waals surface area (Å²) in [7, 11) is 0. The van der Waals surface area contributed by atoms with E-state index in [0.29, 0.717) is 11.6 Å². The second-order valence-electron chi connectivity index (χ2n) is 6.74. The Morgan fingerprint density at radius 1 is 1.23 bits per heavy atom. The van der Waals surface area contributed by atoms with Crippen molar-refractivity contribution >= 4 is 45.7 Å². The van der Waals surface area contributed by atoms with Crippen LogP contribution in [0.5, 0.6) is 0 Å². The molecule has 0 spiro atoms. The van der Waals surface area contributed by atoms with Crippen LogP contribution in [-0.2, 0) is 17.8 Å². The molecule has 0 saturated heterocycles. The van der Waals surface area contributed by atoms with Gasteiger partial charge in [0.2, 0.25) is 5.91 Å². The van der Waals surface area contributed by atoms with Crippen molar-refractivity contribution in [3.63, 3.8) is 0 Å². The van der Waals surface area contributed by atoms with Crippen molar-refractivity contribution in [1.82, 2.24) is 9.88 Å². The van der Waals surface area contributed by atoms with Gasteiger partial charge in [-0.15, -0.1) is 0 Å². The molecule has 0 fully saturated rings. The molecule has 6 heteroatoms. The SMILES string of the molecule is Cc1cc2[nH]c3c(c2cc1Cl)CCN(CC(=O)Nc1ccc(Cl)cc1)C3. The van der Waals surface area contributed by atoms with Crippen molar-refractivity contribution in [1.29, 1.82) is 0 Å². The number of benzene rings is 2. The molecule has 1 aliphatic rings. The standard InChI is InChI=1S/C20H19Cl2N3O/c1-12-8-18-16(9-17(12)22)15-6-7-25(10-19(15)24-18)11-20(26)23-14-4-2-13(21)3-5-14/h2-5,8-9,24H,6-7,10-11H2,1H3,(H,23,26). The number of anilines is 1. The summed E-state index contributed by atoms with van der Waals surface area (Å²) in [5, 5.41) is 5.56. The number of nitrogens with zero attached hydrogens (tertiary/aromatic N) is 1. The van der Waals surface area contributed by atoms with Gasteiger partial charge in [-0.25, -0.2) is 0 Å². The highest BCUT2D eigenvalue weighted by molar-refractivity contribution is 6.32. The van der Waals surface area contributed by atoms with E-state index in [1.54, 1.807) is 24.3 Å². The van der Waals surface area contributed by atoms with Gasteiger partial charge in [-0.3, -0.25) is 9.69 Å². The van der Waals surface area contributed by atoms with Gasteiger partial charge in [0.25, 0.3) is 0 Å². The maximum Gasteiger partial charge on any atom is 0.238 e. The van der Waals surface area contributed by atoms with Gasteiger partial charge in [0.05, 0.1) is 6.54 Å². The van der Waals surface area contributed by atoms with Crippen molar-refractivity contribution in [2.24, 2.45) is 0 Å². The highest BCUT2D eigenvalue weighted by Crippen LogP contribution is 2.31. The fourth-order valence-corrected chi connectivity index (χ4v) is 3.79. The molecule has 0 unspecified atom stereocenters. The lowest BCUT2D eigenvalue weighted by molar-refractivity contribution is -0.117. The number of hydrogen-bond acceptors (Lipinski definition) is 2. The number of rotatable bonds is 3. The highest BCUT2D eigenvalue weighted by Gasteiger charge is 2.22. The molecule has 1 amide bonds. The van der Waals surface area contributed by atoms with Crippen LogP contribution in [0.4, 0.5) is 5.69 Å². The van der Waals surface area contributed by atoms with Gasteiger partial charge in [0, 0.05) is 45.4 Å². The Kier molecular flexibility index (Phi) is 4.65. The predicted molar refractivity (Wildman–Crippen MR) is 107 cm³/mol. The van der Waals surface area contributed by atoms with Gasteiger partial charge in [-0.1, -0.05) is 23.2 Å². The summed E-state index contributed by atoms with van der Waals surface area (Å²) >= 11 is 12.2. The summed E-state index contributed by atoms with van der Waals surface area (Å²) in [5.41, 5.74) is 5.43. The molecule has 2 N–H and O–H groups in total. The molecule has 0 saturated carbocycles. The largest absolute Gasteiger partial charge is 0.357 e. The lowest BCUT2D eigenvalue weighted by atomic mass is 10.0. The van der Waals surface area contributed by atoms with Crippen molar-refractivity contribution in [2.45, 2.75) is 19.9 Å². The molecule has 2 heterocycles. The summed E-state index contributed by atoms with van der Waals surface area (Å²) in [6.45, 7) is 3.94. The quantitative estimate of drug-likeness (QED) is 0.679. The van der Waals surface area contributed by atoms with Crippen LogP contribution in [0, 0.1) is 6.92 Å². The number of amides is 1. The molecule has 0 atom stereocenters. The molecule has 4 nitrogen and oxygen atoms in total. The van der Waals surface area contributed by atoms with Gasteiger partial charge in [0.1, 0.15) is 0 Å². The van der Waals surface area contributed by atoms with Crippen LogP contribution in [0.25, 0.3) is 10.9 Å². The molecule has 0 bridgehead atoms. The van der Waals surface area contributed by atoms with E-state index in [2.05, 4.69) is 21.3 Å². The summed E-state index contributed by atoms with van der Waals surface area (Å²) < 4.78 is 0. The van der Waals surface area contributed by atoms with Crippen molar-refractivity contribution in [3.8, 4) is 0 Å². The normalized spacial score (nSPS) is 14.4. The first-order chi connectivity index (χ1) is 12.5. The third-order valence-electron chi connectivity index (χ3n) is 4.83. The Labute approximate surface area is 162 Å². The molecule has 4 rings (SSSR count). The average Bonchev–Trinajstić information content (AvgIpc) is 2.94. The molecule has 2 aromatic carbocycles. The van der Waals surface area contributed by atoms with E-state index in [0.717, 1.165) is 41.3 Å². The Morgan fingerprint density at radius 2 is 2.00 bits per heavy atom. The third kappa shape index (κ3) is 3.45. The van der Waals surface area contributed by atoms with Gasteiger partial charge in [0.15, 0.2) is 0 Å². The number of halogens is 2. The molecular weight excluding hydrogens is 369 g/mol. The smallest absolute Gasteiger partial charge is 0.238 e. The Balaban J connectivity index is 1.46. The number of carbonyl (C=O) groups is 1. The fraction of sp³-hybridized carbons (Fsp3) is 0.250. The van der Waals surface area contributed by atoms with Crippen LogP contribution in [0.2, 0.25) is 10.0 Å². The Morgan fingerprint density at radius 3 is 2.77 bits per heavy atom. The first kappa shape index (κ1) is 17.4. The van der Waals surface area contributed by atoms with Gasteiger partial charge >= 0.3 is 0 Å². The van der Waals surface area contributed by atoms with E-state index in [1.807, 2.05) is 13.0 Å². The zero-order valence-corrected chi connectivity index (χ0v) is 15.9. The number of fused-ring (bicyclic) bond motifs is 3. The maximum atomic E-state index is 12.3. The summed E-state index contributed by atoms with van der Waals surface area (Å²) in [6.07, 6.45) is 0.906.